The summed E-state index contributed by atoms with van der Waals surface area (Å²) in [5.41, 5.74) is 1.96. The molecule has 3 aromatic rings. The molecule has 6 nitrogen and oxygen atoms in total. The Kier molecular flexibility index (Phi) is 4.33. The molecule has 0 unspecified atom stereocenters. The minimum atomic E-state index is 0.651. The van der Waals surface area contributed by atoms with Crippen LogP contribution in [0.2, 0.25) is 0 Å². The molecule has 0 aliphatic rings. The molecular weight excluding hydrogens is 290 g/mol. The summed E-state index contributed by atoms with van der Waals surface area (Å²) in [4.78, 5) is 2.01. The van der Waals surface area contributed by atoms with Crippen LogP contribution in [0.15, 0.2) is 60.8 Å². The molecule has 1 heterocycles. The number of methoxy groups -OCH3 is 1. The number of benzene rings is 2. The summed E-state index contributed by atoms with van der Waals surface area (Å²) in [6.07, 6.45) is 3.80. The van der Waals surface area contributed by atoms with Crippen LogP contribution in [0.1, 0.15) is 5.82 Å². The van der Waals surface area contributed by atoms with E-state index in [0.29, 0.717) is 5.82 Å². The summed E-state index contributed by atoms with van der Waals surface area (Å²) < 4.78 is 6.84. The van der Waals surface area contributed by atoms with Crippen molar-refractivity contribution in [2.24, 2.45) is 0 Å². The van der Waals surface area contributed by atoms with Crippen molar-refractivity contribution >= 4 is 11.8 Å². The van der Waals surface area contributed by atoms with Crippen LogP contribution in [0.25, 0.3) is 11.8 Å². The van der Waals surface area contributed by atoms with Crippen LogP contribution in [0.3, 0.4) is 0 Å². The second-order valence-electron chi connectivity index (χ2n) is 4.91. The Labute approximate surface area is 134 Å². The van der Waals surface area contributed by atoms with Gasteiger partial charge in [-0.05, 0) is 46.8 Å². The maximum absolute atomic E-state index is 5.16. The number of hydrogen-bond acceptors (Lipinski definition) is 5. The topological polar surface area (TPSA) is 56.1 Å². The first-order valence-electron chi connectivity index (χ1n) is 7.17. The van der Waals surface area contributed by atoms with E-state index in [9.17, 15) is 0 Å². The van der Waals surface area contributed by atoms with Crippen molar-refractivity contribution in [1.82, 2.24) is 20.2 Å². The third-order valence-corrected chi connectivity index (χ3v) is 3.42. The number of ether oxygens (including phenoxy) is 1. The Morgan fingerprint density at radius 1 is 1.04 bits per heavy atom. The van der Waals surface area contributed by atoms with E-state index in [1.165, 1.54) is 0 Å². The summed E-state index contributed by atoms with van der Waals surface area (Å²) in [6, 6.07) is 17.6. The monoisotopic (exact) mass is 307 g/mol. The molecule has 1 aromatic heterocycles. The van der Waals surface area contributed by atoms with E-state index in [-0.39, 0.29) is 0 Å². The zero-order chi connectivity index (χ0) is 16.1. The number of rotatable bonds is 5. The SMILES string of the molecule is COc1ccc(-n2nnnc2C=CN(C)c2ccccc2)cc1. The van der Waals surface area contributed by atoms with E-state index in [1.807, 2.05) is 78.8 Å². The van der Waals surface area contributed by atoms with Gasteiger partial charge in [-0.2, -0.15) is 4.68 Å². The van der Waals surface area contributed by atoms with Gasteiger partial charge in [0.05, 0.1) is 12.8 Å². The molecule has 0 radical (unpaired) electrons. The fourth-order valence-electron chi connectivity index (χ4n) is 2.13. The first-order chi connectivity index (χ1) is 11.3. The lowest BCUT2D eigenvalue weighted by Crippen LogP contribution is -2.08. The highest BCUT2D eigenvalue weighted by Crippen LogP contribution is 2.16. The molecule has 0 bridgehead atoms. The second kappa shape index (κ2) is 6.74. The Balaban J connectivity index is 1.82. The second-order valence-corrected chi connectivity index (χ2v) is 4.91. The molecule has 116 valence electrons. The smallest absolute Gasteiger partial charge is 0.181 e. The molecule has 0 saturated heterocycles. The Bertz CT molecular complexity index is 780. The summed E-state index contributed by atoms with van der Waals surface area (Å²) in [5.74, 6) is 1.45. The standard InChI is InChI=1S/C17H17N5O/c1-21(14-6-4-3-5-7-14)13-12-17-18-19-20-22(17)15-8-10-16(23-2)11-9-15/h3-13H,1-2H3. The summed E-state index contributed by atoms with van der Waals surface area (Å²) >= 11 is 0. The summed E-state index contributed by atoms with van der Waals surface area (Å²) in [7, 11) is 3.62. The largest absolute Gasteiger partial charge is 0.497 e. The predicted molar refractivity (Wildman–Crippen MR) is 89.6 cm³/mol. The maximum Gasteiger partial charge on any atom is 0.181 e. The van der Waals surface area contributed by atoms with Crippen molar-refractivity contribution in [1.29, 1.82) is 0 Å². The highest BCUT2D eigenvalue weighted by molar-refractivity contribution is 5.54. The average molecular weight is 307 g/mol. The van der Waals surface area contributed by atoms with E-state index in [2.05, 4.69) is 15.5 Å². The molecule has 23 heavy (non-hydrogen) atoms. The van der Waals surface area contributed by atoms with Crippen molar-refractivity contribution in [2.45, 2.75) is 0 Å². The third kappa shape index (κ3) is 3.37. The minimum Gasteiger partial charge on any atom is -0.497 e. The molecule has 0 spiro atoms. The first kappa shape index (κ1) is 14.8. The van der Waals surface area contributed by atoms with Gasteiger partial charge in [-0.15, -0.1) is 5.10 Å². The van der Waals surface area contributed by atoms with Crippen molar-refractivity contribution in [3.05, 3.63) is 66.6 Å². The van der Waals surface area contributed by atoms with E-state index in [0.717, 1.165) is 17.1 Å². The van der Waals surface area contributed by atoms with Crippen LogP contribution in [-0.2, 0) is 0 Å². The van der Waals surface area contributed by atoms with Crippen LogP contribution in [0.5, 0.6) is 5.75 Å². The van der Waals surface area contributed by atoms with Gasteiger partial charge in [0.1, 0.15) is 5.75 Å². The van der Waals surface area contributed by atoms with Crippen molar-refractivity contribution in [3.63, 3.8) is 0 Å². The van der Waals surface area contributed by atoms with Crippen LogP contribution in [0.4, 0.5) is 5.69 Å². The maximum atomic E-state index is 5.16. The van der Waals surface area contributed by atoms with Gasteiger partial charge in [0.25, 0.3) is 0 Å². The fourth-order valence-corrected chi connectivity index (χ4v) is 2.13. The molecule has 0 saturated carbocycles. The first-order valence-corrected chi connectivity index (χ1v) is 7.17. The van der Waals surface area contributed by atoms with Gasteiger partial charge in [0.15, 0.2) is 5.82 Å². The summed E-state index contributed by atoms with van der Waals surface area (Å²) in [6.45, 7) is 0. The van der Waals surface area contributed by atoms with Crippen LogP contribution in [-0.4, -0.2) is 34.4 Å². The number of hydrogen-bond donors (Lipinski definition) is 0. The highest BCUT2D eigenvalue weighted by atomic mass is 16.5. The third-order valence-electron chi connectivity index (χ3n) is 3.42. The Hall–Kier alpha value is -3.15. The van der Waals surface area contributed by atoms with Crippen LogP contribution in [0, 0.1) is 0 Å². The van der Waals surface area contributed by atoms with Gasteiger partial charge in [-0.1, -0.05) is 18.2 Å². The molecule has 3 rings (SSSR count). The van der Waals surface area contributed by atoms with E-state index >= 15 is 0 Å². The minimum absolute atomic E-state index is 0.651. The van der Waals surface area contributed by atoms with Crippen molar-refractivity contribution in [2.75, 3.05) is 19.1 Å². The molecule has 0 aliphatic carbocycles. The van der Waals surface area contributed by atoms with Crippen molar-refractivity contribution < 1.29 is 4.74 Å². The number of aromatic nitrogens is 4. The highest BCUT2D eigenvalue weighted by Gasteiger charge is 2.06. The van der Waals surface area contributed by atoms with Gasteiger partial charge in [0.2, 0.25) is 0 Å². The van der Waals surface area contributed by atoms with Gasteiger partial charge in [0, 0.05) is 25.0 Å². The zero-order valence-corrected chi connectivity index (χ0v) is 13.0. The molecule has 0 amide bonds. The number of nitrogens with zero attached hydrogens (tertiary/aromatic N) is 5. The number of anilines is 1. The van der Waals surface area contributed by atoms with Crippen molar-refractivity contribution in [3.8, 4) is 11.4 Å². The van der Waals surface area contributed by atoms with Crippen LogP contribution < -0.4 is 9.64 Å². The van der Waals surface area contributed by atoms with Gasteiger partial charge in [-0.3, -0.25) is 0 Å². The molecule has 2 aromatic carbocycles. The molecule has 6 heteroatoms. The van der Waals surface area contributed by atoms with Gasteiger partial charge in [-0.25, -0.2) is 0 Å². The van der Waals surface area contributed by atoms with Gasteiger partial charge >= 0.3 is 0 Å². The Morgan fingerprint density at radius 2 is 1.78 bits per heavy atom. The van der Waals surface area contributed by atoms with Crippen LogP contribution >= 0.6 is 0 Å². The molecule has 0 fully saturated rings. The fraction of sp³-hybridized carbons (Fsp3) is 0.118. The zero-order valence-electron chi connectivity index (χ0n) is 13.0. The summed E-state index contributed by atoms with van der Waals surface area (Å²) in [5, 5.41) is 11.8. The molecular formula is C17H17N5O. The van der Waals surface area contributed by atoms with E-state index < -0.39 is 0 Å². The van der Waals surface area contributed by atoms with Gasteiger partial charge < -0.3 is 9.64 Å². The van der Waals surface area contributed by atoms with E-state index in [1.54, 1.807) is 11.8 Å². The molecule has 0 atom stereocenters. The lowest BCUT2D eigenvalue weighted by Gasteiger charge is -2.13. The lowest BCUT2D eigenvalue weighted by molar-refractivity contribution is 0.414. The lowest BCUT2D eigenvalue weighted by atomic mass is 10.3. The number of tetrazole rings is 1. The quantitative estimate of drug-likeness (QED) is 0.725. The molecule has 0 N–H and O–H groups in total. The predicted octanol–water partition coefficient (Wildman–Crippen LogP) is 2.78. The van der Waals surface area contributed by atoms with E-state index in [4.69, 9.17) is 4.74 Å². The normalized spacial score (nSPS) is 10.9. The Morgan fingerprint density at radius 3 is 2.48 bits per heavy atom. The average Bonchev–Trinajstić information content (AvgIpc) is 3.09. The molecule has 0 aliphatic heterocycles. The number of para-hydroxylation sites is 1.